The lowest BCUT2D eigenvalue weighted by molar-refractivity contribution is -0.116. The van der Waals surface area contributed by atoms with Gasteiger partial charge in [-0.2, -0.15) is 4.31 Å². The van der Waals surface area contributed by atoms with Crippen LogP contribution in [0.1, 0.15) is 6.92 Å². The summed E-state index contributed by atoms with van der Waals surface area (Å²) in [6, 6.07) is 11.2. The summed E-state index contributed by atoms with van der Waals surface area (Å²) < 4.78 is 51.7. The number of benzene rings is 2. The van der Waals surface area contributed by atoms with Crippen LogP contribution < -0.4 is 10.6 Å². The molecule has 10 nitrogen and oxygen atoms in total. The number of nitrogens with zero attached hydrogens (tertiary/aromatic N) is 2. The summed E-state index contributed by atoms with van der Waals surface area (Å²) >= 11 is 0. The highest BCUT2D eigenvalue weighted by Crippen LogP contribution is 2.19. The number of hydrogen-bond donors (Lipinski definition) is 2. The molecule has 168 valence electrons. The van der Waals surface area contributed by atoms with E-state index in [0.29, 0.717) is 5.69 Å². The molecular weight excluding hydrogens is 444 g/mol. The first-order chi connectivity index (χ1) is 14.3. The van der Waals surface area contributed by atoms with Crippen LogP contribution in [0.25, 0.3) is 0 Å². The Kier molecular flexibility index (Phi) is 7.54. The maximum Gasteiger partial charge on any atom is 0.243 e. The van der Waals surface area contributed by atoms with Crippen molar-refractivity contribution in [3.63, 3.8) is 0 Å². The van der Waals surface area contributed by atoms with Crippen molar-refractivity contribution < 1.29 is 26.4 Å². The normalized spacial score (nSPS) is 12.1. The Hall–Kier alpha value is -2.80. The fourth-order valence-corrected chi connectivity index (χ4v) is 4.60. The standard InChI is InChI=1S/C19H24N4O6S2/c1-14(24)20-15-8-10-17(11-9-15)31(28,29)23(4)13-19(25)21-16-6-5-7-18(12-16)30(26,27)22(2)3/h5-12H,13H2,1-4H3,(H,20,24)(H,21,25). The molecule has 0 unspecified atom stereocenters. The Morgan fingerprint density at radius 3 is 1.97 bits per heavy atom. The Bertz CT molecular complexity index is 1180. The molecule has 0 saturated carbocycles. The van der Waals surface area contributed by atoms with E-state index in [1.165, 1.54) is 76.6 Å². The molecule has 12 heteroatoms. The van der Waals surface area contributed by atoms with E-state index in [-0.39, 0.29) is 21.4 Å². The number of hydrogen-bond acceptors (Lipinski definition) is 6. The van der Waals surface area contributed by atoms with Gasteiger partial charge in [-0.3, -0.25) is 9.59 Å². The van der Waals surface area contributed by atoms with Gasteiger partial charge in [0.2, 0.25) is 31.9 Å². The molecule has 0 bridgehead atoms. The number of anilines is 2. The largest absolute Gasteiger partial charge is 0.326 e. The smallest absolute Gasteiger partial charge is 0.243 e. The van der Waals surface area contributed by atoms with Gasteiger partial charge in [-0.25, -0.2) is 21.1 Å². The molecule has 0 aromatic heterocycles. The topological polar surface area (TPSA) is 133 Å². The van der Waals surface area contributed by atoms with Gasteiger partial charge in [0.1, 0.15) is 0 Å². The lowest BCUT2D eigenvalue weighted by atomic mass is 10.3. The first kappa shape index (κ1) is 24.5. The van der Waals surface area contributed by atoms with E-state index in [2.05, 4.69) is 10.6 Å². The number of rotatable bonds is 8. The van der Waals surface area contributed by atoms with Gasteiger partial charge in [-0.1, -0.05) is 6.07 Å². The minimum Gasteiger partial charge on any atom is -0.326 e. The number of nitrogens with one attached hydrogen (secondary N) is 2. The molecule has 0 atom stereocenters. The van der Waals surface area contributed by atoms with Gasteiger partial charge >= 0.3 is 0 Å². The van der Waals surface area contributed by atoms with Gasteiger partial charge in [-0.05, 0) is 42.5 Å². The Balaban J connectivity index is 2.11. The maximum absolute atomic E-state index is 12.7. The monoisotopic (exact) mass is 468 g/mol. The van der Waals surface area contributed by atoms with Crippen LogP contribution in [-0.4, -0.2) is 64.9 Å². The van der Waals surface area contributed by atoms with Crippen LogP contribution >= 0.6 is 0 Å². The van der Waals surface area contributed by atoms with Crippen molar-refractivity contribution in [2.75, 3.05) is 38.3 Å². The van der Waals surface area contributed by atoms with E-state index in [0.717, 1.165) is 8.61 Å². The van der Waals surface area contributed by atoms with Gasteiger partial charge in [0.25, 0.3) is 0 Å². The molecule has 0 aliphatic heterocycles. The maximum atomic E-state index is 12.7. The van der Waals surface area contributed by atoms with Gasteiger partial charge in [0.05, 0.1) is 16.3 Å². The van der Waals surface area contributed by atoms with Crippen molar-refractivity contribution in [2.45, 2.75) is 16.7 Å². The predicted molar refractivity (Wildman–Crippen MR) is 117 cm³/mol. The Morgan fingerprint density at radius 1 is 0.806 bits per heavy atom. The minimum absolute atomic E-state index is 0.00413. The van der Waals surface area contributed by atoms with Crippen molar-refractivity contribution in [1.82, 2.24) is 8.61 Å². The molecule has 0 aliphatic rings. The van der Waals surface area contributed by atoms with Gasteiger partial charge < -0.3 is 10.6 Å². The third-order valence-electron chi connectivity index (χ3n) is 4.15. The molecule has 2 rings (SSSR count). The van der Waals surface area contributed by atoms with Crippen molar-refractivity contribution in [2.24, 2.45) is 0 Å². The third kappa shape index (κ3) is 6.10. The molecule has 0 radical (unpaired) electrons. The van der Waals surface area contributed by atoms with Crippen LogP contribution in [0.3, 0.4) is 0 Å². The molecule has 2 aromatic carbocycles. The molecule has 0 spiro atoms. The molecule has 0 fully saturated rings. The zero-order chi connectivity index (χ0) is 23.4. The average molecular weight is 469 g/mol. The van der Waals surface area contributed by atoms with Crippen LogP contribution in [-0.2, 0) is 29.6 Å². The zero-order valence-corrected chi connectivity index (χ0v) is 19.1. The van der Waals surface area contributed by atoms with E-state index in [9.17, 15) is 26.4 Å². The van der Waals surface area contributed by atoms with Crippen molar-refractivity contribution in [3.05, 3.63) is 48.5 Å². The molecule has 2 amide bonds. The highest BCUT2D eigenvalue weighted by Gasteiger charge is 2.23. The molecule has 2 N–H and O–H groups in total. The second-order valence-corrected chi connectivity index (χ2v) is 11.0. The summed E-state index contributed by atoms with van der Waals surface area (Å²) in [7, 11) is -3.60. The minimum atomic E-state index is -3.96. The Morgan fingerprint density at radius 2 is 1.42 bits per heavy atom. The van der Waals surface area contributed by atoms with Crippen LogP contribution in [0, 0.1) is 0 Å². The molecule has 2 aromatic rings. The molecule has 0 aliphatic carbocycles. The summed E-state index contributed by atoms with van der Waals surface area (Å²) in [5.41, 5.74) is 0.665. The number of likely N-dealkylation sites (N-methyl/N-ethyl adjacent to an activating group) is 1. The molecular formula is C19H24N4O6S2. The number of carbonyl (C=O) groups excluding carboxylic acids is 2. The van der Waals surface area contributed by atoms with E-state index in [4.69, 9.17) is 0 Å². The fraction of sp³-hybridized carbons (Fsp3) is 0.263. The quantitative estimate of drug-likeness (QED) is 0.597. The van der Waals surface area contributed by atoms with E-state index >= 15 is 0 Å². The highest BCUT2D eigenvalue weighted by atomic mass is 32.2. The van der Waals surface area contributed by atoms with Crippen LogP contribution in [0.5, 0.6) is 0 Å². The van der Waals surface area contributed by atoms with Crippen LogP contribution in [0.2, 0.25) is 0 Å². The lowest BCUT2D eigenvalue weighted by Gasteiger charge is -2.17. The summed E-state index contributed by atoms with van der Waals surface area (Å²) in [6.45, 7) is 0.850. The number of sulfonamides is 2. The second kappa shape index (κ2) is 9.56. The van der Waals surface area contributed by atoms with E-state index in [1.54, 1.807) is 0 Å². The summed E-state index contributed by atoms with van der Waals surface area (Å²) in [4.78, 5) is 23.4. The third-order valence-corrected chi connectivity index (χ3v) is 7.77. The fourth-order valence-electron chi connectivity index (χ4n) is 2.53. The van der Waals surface area contributed by atoms with Crippen molar-refractivity contribution in [3.8, 4) is 0 Å². The predicted octanol–water partition coefficient (Wildman–Crippen LogP) is 1.15. The van der Waals surface area contributed by atoms with Gasteiger partial charge in [0.15, 0.2) is 0 Å². The van der Waals surface area contributed by atoms with Crippen molar-refractivity contribution >= 4 is 43.2 Å². The SMILES string of the molecule is CC(=O)Nc1ccc(S(=O)(=O)N(C)CC(=O)Nc2cccc(S(=O)(=O)N(C)C)c2)cc1. The zero-order valence-electron chi connectivity index (χ0n) is 17.5. The summed E-state index contributed by atoms with van der Waals surface area (Å²) in [5.74, 6) is -0.924. The average Bonchev–Trinajstić information content (AvgIpc) is 2.67. The summed E-state index contributed by atoms with van der Waals surface area (Å²) in [5, 5.41) is 5.04. The number of amides is 2. The first-order valence-electron chi connectivity index (χ1n) is 9.00. The first-order valence-corrected chi connectivity index (χ1v) is 11.9. The lowest BCUT2D eigenvalue weighted by Crippen LogP contribution is -2.35. The second-order valence-electron chi connectivity index (χ2n) is 6.83. The number of carbonyl (C=O) groups is 2. The highest BCUT2D eigenvalue weighted by molar-refractivity contribution is 7.89. The van der Waals surface area contributed by atoms with E-state index < -0.39 is 32.5 Å². The van der Waals surface area contributed by atoms with E-state index in [1.807, 2.05) is 0 Å². The summed E-state index contributed by atoms with van der Waals surface area (Å²) in [6.07, 6.45) is 0. The Labute approximate surface area is 182 Å². The van der Waals surface area contributed by atoms with Crippen LogP contribution in [0.4, 0.5) is 11.4 Å². The van der Waals surface area contributed by atoms with Gasteiger partial charge in [0, 0.05) is 39.4 Å². The van der Waals surface area contributed by atoms with Crippen molar-refractivity contribution in [1.29, 1.82) is 0 Å². The molecule has 0 saturated heterocycles. The molecule has 0 heterocycles. The molecule has 31 heavy (non-hydrogen) atoms. The van der Waals surface area contributed by atoms with Gasteiger partial charge in [-0.15, -0.1) is 0 Å². The van der Waals surface area contributed by atoms with Crippen LogP contribution in [0.15, 0.2) is 58.3 Å².